The summed E-state index contributed by atoms with van der Waals surface area (Å²) in [5, 5.41) is 7.72. The molecule has 0 saturated heterocycles. The van der Waals surface area contributed by atoms with Gasteiger partial charge >= 0.3 is 0 Å². The summed E-state index contributed by atoms with van der Waals surface area (Å²) in [5.74, 6) is 1.80. The zero-order valence-corrected chi connectivity index (χ0v) is 12.1. The predicted molar refractivity (Wildman–Crippen MR) is 83.3 cm³/mol. The molecular formula is C17H19N3O. The molecule has 1 N–H and O–H groups in total. The molecular weight excluding hydrogens is 262 g/mol. The molecule has 2 heterocycles. The number of hydrogen-bond acceptors (Lipinski definition) is 3. The highest BCUT2D eigenvalue weighted by Crippen LogP contribution is 2.22. The molecule has 3 aromatic rings. The second-order valence-corrected chi connectivity index (χ2v) is 4.95. The number of nitrogens with one attached hydrogen (secondary N) is 1. The van der Waals surface area contributed by atoms with E-state index in [0.717, 1.165) is 42.3 Å². The first-order valence-corrected chi connectivity index (χ1v) is 7.26. The van der Waals surface area contributed by atoms with Crippen molar-refractivity contribution in [2.45, 2.75) is 19.9 Å². The molecule has 2 aromatic heterocycles. The lowest BCUT2D eigenvalue weighted by molar-refractivity contribution is 0.493. The Kier molecular flexibility index (Phi) is 4.17. The first-order chi connectivity index (χ1) is 10.4. The molecule has 3 rings (SSSR count). The first-order valence-electron chi connectivity index (χ1n) is 7.26. The van der Waals surface area contributed by atoms with Crippen molar-refractivity contribution in [2.75, 3.05) is 6.54 Å². The van der Waals surface area contributed by atoms with Crippen LogP contribution in [0.25, 0.3) is 17.0 Å². The quantitative estimate of drug-likeness (QED) is 0.702. The van der Waals surface area contributed by atoms with E-state index in [4.69, 9.17) is 4.42 Å². The molecule has 0 saturated carbocycles. The number of para-hydroxylation sites is 1. The van der Waals surface area contributed by atoms with Crippen molar-refractivity contribution in [1.82, 2.24) is 15.1 Å². The van der Waals surface area contributed by atoms with Crippen molar-refractivity contribution < 1.29 is 4.42 Å². The van der Waals surface area contributed by atoms with E-state index < -0.39 is 0 Å². The minimum atomic E-state index is 0.765. The van der Waals surface area contributed by atoms with Crippen LogP contribution in [0.2, 0.25) is 0 Å². The minimum Gasteiger partial charge on any atom is -0.460 e. The summed E-state index contributed by atoms with van der Waals surface area (Å²) in [6, 6.07) is 14.1. The summed E-state index contributed by atoms with van der Waals surface area (Å²) >= 11 is 0. The van der Waals surface area contributed by atoms with Gasteiger partial charge in [0, 0.05) is 6.20 Å². The molecule has 0 fully saturated rings. The molecule has 4 nitrogen and oxygen atoms in total. The number of hydrogen-bond donors (Lipinski definition) is 1. The topological polar surface area (TPSA) is 43.0 Å². The molecule has 0 amide bonds. The molecule has 0 spiro atoms. The fraction of sp³-hybridized carbons (Fsp3) is 0.235. The van der Waals surface area contributed by atoms with Gasteiger partial charge in [0.25, 0.3) is 0 Å². The normalized spacial score (nSPS) is 10.9. The second-order valence-electron chi connectivity index (χ2n) is 4.95. The Morgan fingerprint density at radius 1 is 1.14 bits per heavy atom. The average Bonchev–Trinajstić information content (AvgIpc) is 3.17. The molecule has 108 valence electrons. The second kappa shape index (κ2) is 6.41. The van der Waals surface area contributed by atoms with Crippen molar-refractivity contribution in [3.05, 3.63) is 60.6 Å². The average molecular weight is 281 g/mol. The number of rotatable bonds is 6. The minimum absolute atomic E-state index is 0.765. The summed E-state index contributed by atoms with van der Waals surface area (Å²) in [5.41, 5.74) is 2.03. The van der Waals surface area contributed by atoms with Crippen molar-refractivity contribution in [2.24, 2.45) is 0 Å². The highest BCUT2D eigenvalue weighted by Gasteiger charge is 2.08. The van der Waals surface area contributed by atoms with E-state index in [-0.39, 0.29) is 0 Å². The molecule has 0 aliphatic heterocycles. The van der Waals surface area contributed by atoms with E-state index in [1.165, 1.54) is 0 Å². The van der Waals surface area contributed by atoms with Crippen LogP contribution >= 0.6 is 0 Å². The van der Waals surface area contributed by atoms with E-state index in [0.29, 0.717) is 0 Å². The Morgan fingerprint density at radius 2 is 2.00 bits per heavy atom. The van der Waals surface area contributed by atoms with Gasteiger partial charge in [-0.25, -0.2) is 4.68 Å². The monoisotopic (exact) mass is 281 g/mol. The van der Waals surface area contributed by atoms with Gasteiger partial charge in [-0.05, 0) is 37.2 Å². The molecule has 4 heteroatoms. The third-order valence-corrected chi connectivity index (χ3v) is 3.28. The zero-order chi connectivity index (χ0) is 14.5. The van der Waals surface area contributed by atoms with Crippen LogP contribution in [0.4, 0.5) is 0 Å². The standard InChI is InChI=1S/C17H19N3O/c1-2-10-18-12-16-8-9-17(21-16)14-11-19-20(13-14)15-6-4-3-5-7-15/h3-9,11,13,18H,2,10,12H2,1H3. The van der Waals surface area contributed by atoms with Crippen molar-refractivity contribution in [1.29, 1.82) is 0 Å². The molecule has 0 bridgehead atoms. The van der Waals surface area contributed by atoms with E-state index in [9.17, 15) is 0 Å². The lowest BCUT2D eigenvalue weighted by atomic mass is 10.3. The van der Waals surface area contributed by atoms with Gasteiger partial charge in [-0.15, -0.1) is 0 Å². The van der Waals surface area contributed by atoms with E-state index in [1.807, 2.05) is 59.5 Å². The number of nitrogens with zero attached hydrogens (tertiary/aromatic N) is 2. The first kappa shape index (κ1) is 13.6. The fourth-order valence-corrected chi connectivity index (χ4v) is 2.19. The molecule has 0 unspecified atom stereocenters. The number of furan rings is 1. The van der Waals surface area contributed by atoms with E-state index in [1.54, 1.807) is 0 Å². The summed E-state index contributed by atoms with van der Waals surface area (Å²) < 4.78 is 7.70. The smallest absolute Gasteiger partial charge is 0.137 e. The Hall–Kier alpha value is -2.33. The molecule has 21 heavy (non-hydrogen) atoms. The Balaban J connectivity index is 1.74. The number of aromatic nitrogens is 2. The van der Waals surface area contributed by atoms with Crippen molar-refractivity contribution in [3.8, 4) is 17.0 Å². The van der Waals surface area contributed by atoms with E-state index in [2.05, 4.69) is 17.3 Å². The Labute approximate surface area is 124 Å². The largest absolute Gasteiger partial charge is 0.460 e. The van der Waals surface area contributed by atoms with Crippen LogP contribution in [0, 0.1) is 0 Å². The molecule has 0 radical (unpaired) electrons. The zero-order valence-electron chi connectivity index (χ0n) is 12.1. The van der Waals surface area contributed by atoms with Crippen LogP contribution in [-0.2, 0) is 6.54 Å². The van der Waals surface area contributed by atoms with Crippen molar-refractivity contribution >= 4 is 0 Å². The third-order valence-electron chi connectivity index (χ3n) is 3.28. The summed E-state index contributed by atoms with van der Waals surface area (Å²) in [4.78, 5) is 0. The van der Waals surface area contributed by atoms with Crippen LogP contribution in [-0.4, -0.2) is 16.3 Å². The molecule has 1 aromatic carbocycles. The van der Waals surface area contributed by atoms with Gasteiger partial charge in [0.05, 0.1) is 24.0 Å². The summed E-state index contributed by atoms with van der Waals surface area (Å²) in [6.07, 6.45) is 4.93. The highest BCUT2D eigenvalue weighted by atomic mass is 16.3. The molecule has 0 aliphatic carbocycles. The Bertz CT molecular complexity index is 685. The van der Waals surface area contributed by atoms with Crippen LogP contribution in [0.3, 0.4) is 0 Å². The number of benzene rings is 1. The Morgan fingerprint density at radius 3 is 2.81 bits per heavy atom. The third kappa shape index (κ3) is 3.23. The maximum atomic E-state index is 5.85. The van der Waals surface area contributed by atoms with Gasteiger partial charge in [0.2, 0.25) is 0 Å². The maximum Gasteiger partial charge on any atom is 0.137 e. The summed E-state index contributed by atoms with van der Waals surface area (Å²) in [6.45, 7) is 3.92. The highest BCUT2D eigenvalue weighted by molar-refractivity contribution is 5.56. The predicted octanol–water partition coefficient (Wildman–Crippen LogP) is 3.63. The van der Waals surface area contributed by atoms with Gasteiger partial charge < -0.3 is 9.73 Å². The van der Waals surface area contributed by atoms with Gasteiger partial charge in [-0.3, -0.25) is 0 Å². The lowest BCUT2D eigenvalue weighted by Gasteiger charge is -1.99. The van der Waals surface area contributed by atoms with Gasteiger partial charge in [0.1, 0.15) is 11.5 Å². The van der Waals surface area contributed by atoms with Crippen LogP contribution in [0.15, 0.2) is 59.3 Å². The van der Waals surface area contributed by atoms with Crippen LogP contribution in [0.5, 0.6) is 0 Å². The SMILES string of the molecule is CCCNCc1ccc(-c2cnn(-c3ccccc3)c2)o1. The van der Waals surface area contributed by atoms with Crippen LogP contribution in [0.1, 0.15) is 19.1 Å². The molecule has 0 aliphatic rings. The van der Waals surface area contributed by atoms with Gasteiger partial charge in [0.15, 0.2) is 0 Å². The fourth-order valence-electron chi connectivity index (χ4n) is 2.19. The van der Waals surface area contributed by atoms with Crippen molar-refractivity contribution in [3.63, 3.8) is 0 Å². The van der Waals surface area contributed by atoms with Crippen LogP contribution < -0.4 is 5.32 Å². The van der Waals surface area contributed by atoms with E-state index >= 15 is 0 Å². The maximum absolute atomic E-state index is 5.85. The van der Waals surface area contributed by atoms with Gasteiger partial charge in [-0.2, -0.15) is 5.10 Å². The summed E-state index contributed by atoms with van der Waals surface area (Å²) in [7, 11) is 0. The molecule has 0 atom stereocenters. The van der Waals surface area contributed by atoms with Gasteiger partial charge in [-0.1, -0.05) is 25.1 Å². The lowest BCUT2D eigenvalue weighted by Crippen LogP contribution is -2.12.